The van der Waals surface area contributed by atoms with E-state index in [1.165, 1.54) is 12.1 Å². The maximum Gasteiger partial charge on any atom is 0.165 e. The molecule has 100 valence electrons. The predicted molar refractivity (Wildman–Crippen MR) is 70.8 cm³/mol. The largest absolute Gasteiger partial charge is 0.488 e. The standard InChI is InChI=1S/C14H11BrF2O2/c15-11-4-5-13(10(6-11)7-18)19-8-9-2-1-3-12(16)14(9)17/h1-6,18H,7-8H2. The van der Waals surface area contributed by atoms with E-state index in [1.807, 2.05) is 0 Å². The Balaban J connectivity index is 2.17. The number of halogens is 3. The molecule has 0 atom stereocenters. The van der Waals surface area contributed by atoms with Crippen molar-refractivity contribution in [2.45, 2.75) is 13.2 Å². The normalized spacial score (nSPS) is 10.5. The van der Waals surface area contributed by atoms with E-state index in [0.717, 1.165) is 10.5 Å². The number of hydrogen-bond acceptors (Lipinski definition) is 2. The van der Waals surface area contributed by atoms with Crippen LogP contribution in [0, 0.1) is 11.6 Å². The van der Waals surface area contributed by atoms with Crippen LogP contribution < -0.4 is 4.74 Å². The summed E-state index contributed by atoms with van der Waals surface area (Å²) in [4.78, 5) is 0. The van der Waals surface area contributed by atoms with Crippen LogP contribution in [0.3, 0.4) is 0 Å². The lowest BCUT2D eigenvalue weighted by Gasteiger charge is -2.11. The smallest absolute Gasteiger partial charge is 0.165 e. The first-order chi connectivity index (χ1) is 9.11. The molecule has 0 radical (unpaired) electrons. The van der Waals surface area contributed by atoms with Crippen LogP contribution in [-0.4, -0.2) is 5.11 Å². The van der Waals surface area contributed by atoms with Crippen molar-refractivity contribution in [1.82, 2.24) is 0 Å². The highest BCUT2D eigenvalue weighted by Crippen LogP contribution is 2.24. The van der Waals surface area contributed by atoms with Gasteiger partial charge in [-0.15, -0.1) is 0 Å². The molecular formula is C14H11BrF2O2. The van der Waals surface area contributed by atoms with Crippen molar-refractivity contribution in [3.63, 3.8) is 0 Å². The fourth-order valence-corrected chi connectivity index (χ4v) is 2.04. The van der Waals surface area contributed by atoms with Gasteiger partial charge in [0, 0.05) is 15.6 Å². The molecular weight excluding hydrogens is 318 g/mol. The predicted octanol–water partition coefficient (Wildman–Crippen LogP) is 3.80. The number of aliphatic hydroxyl groups excluding tert-OH is 1. The average Bonchev–Trinajstić information content (AvgIpc) is 2.41. The number of hydrogen-bond donors (Lipinski definition) is 1. The molecule has 0 saturated heterocycles. The molecule has 0 aromatic heterocycles. The average molecular weight is 329 g/mol. The first-order valence-corrected chi connectivity index (χ1v) is 6.36. The molecule has 0 heterocycles. The van der Waals surface area contributed by atoms with Gasteiger partial charge in [-0.3, -0.25) is 0 Å². The molecule has 0 fully saturated rings. The molecule has 0 saturated carbocycles. The molecule has 0 aliphatic rings. The molecule has 2 rings (SSSR count). The Bertz CT molecular complexity index is 588. The lowest BCUT2D eigenvalue weighted by molar-refractivity contribution is 0.256. The molecule has 19 heavy (non-hydrogen) atoms. The van der Waals surface area contributed by atoms with Gasteiger partial charge in [0.1, 0.15) is 12.4 Å². The highest BCUT2D eigenvalue weighted by Gasteiger charge is 2.09. The maximum absolute atomic E-state index is 13.4. The number of ether oxygens (including phenoxy) is 1. The van der Waals surface area contributed by atoms with Crippen LogP contribution in [0.15, 0.2) is 40.9 Å². The molecule has 0 unspecified atom stereocenters. The number of benzene rings is 2. The molecule has 0 bridgehead atoms. The van der Waals surface area contributed by atoms with Gasteiger partial charge in [-0.2, -0.15) is 0 Å². The third-order valence-corrected chi connectivity index (χ3v) is 3.10. The molecule has 2 nitrogen and oxygen atoms in total. The van der Waals surface area contributed by atoms with Gasteiger partial charge in [-0.25, -0.2) is 8.78 Å². The Morgan fingerprint density at radius 3 is 2.63 bits per heavy atom. The second kappa shape index (κ2) is 6.12. The summed E-state index contributed by atoms with van der Waals surface area (Å²) in [6.45, 7) is -0.293. The van der Waals surface area contributed by atoms with Crippen molar-refractivity contribution < 1.29 is 18.6 Å². The third-order valence-electron chi connectivity index (χ3n) is 2.61. The van der Waals surface area contributed by atoms with Gasteiger partial charge in [0.05, 0.1) is 6.61 Å². The SMILES string of the molecule is OCc1cc(Br)ccc1OCc1cccc(F)c1F. The van der Waals surface area contributed by atoms with Gasteiger partial charge in [0.15, 0.2) is 11.6 Å². The summed E-state index contributed by atoms with van der Waals surface area (Å²) in [6, 6.07) is 9.04. The second-order valence-corrected chi connectivity index (χ2v) is 4.83. The van der Waals surface area contributed by atoms with E-state index in [9.17, 15) is 13.9 Å². The molecule has 0 spiro atoms. The van der Waals surface area contributed by atoms with Crippen molar-refractivity contribution in [3.05, 3.63) is 63.6 Å². The quantitative estimate of drug-likeness (QED) is 0.925. The van der Waals surface area contributed by atoms with E-state index in [4.69, 9.17) is 4.74 Å². The Hall–Kier alpha value is -1.46. The van der Waals surface area contributed by atoms with Crippen LogP contribution in [0.25, 0.3) is 0 Å². The second-order valence-electron chi connectivity index (χ2n) is 3.91. The Morgan fingerprint density at radius 2 is 1.89 bits per heavy atom. The topological polar surface area (TPSA) is 29.5 Å². The van der Waals surface area contributed by atoms with Gasteiger partial charge in [0.2, 0.25) is 0 Å². The fraction of sp³-hybridized carbons (Fsp3) is 0.143. The van der Waals surface area contributed by atoms with E-state index in [1.54, 1.807) is 18.2 Å². The molecule has 0 amide bonds. The van der Waals surface area contributed by atoms with E-state index in [-0.39, 0.29) is 18.8 Å². The van der Waals surface area contributed by atoms with Crippen LogP contribution in [-0.2, 0) is 13.2 Å². The van der Waals surface area contributed by atoms with Crippen LogP contribution in [0.5, 0.6) is 5.75 Å². The first-order valence-electron chi connectivity index (χ1n) is 5.57. The zero-order valence-electron chi connectivity index (χ0n) is 9.87. The fourth-order valence-electron chi connectivity index (χ4n) is 1.63. The summed E-state index contributed by atoms with van der Waals surface area (Å²) in [5, 5.41) is 9.20. The van der Waals surface area contributed by atoms with Crippen molar-refractivity contribution in [2.75, 3.05) is 0 Å². The molecule has 1 N–H and O–H groups in total. The van der Waals surface area contributed by atoms with Crippen LogP contribution in [0.4, 0.5) is 8.78 Å². The monoisotopic (exact) mass is 328 g/mol. The minimum Gasteiger partial charge on any atom is -0.488 e. The van der Waals surface area contributed by atoms with Gasteiger partial charge in [0.25, 0.3) is 0 Å². The van der Waals surface area contributed by atoms with Crippen LogP contribution in [0.2, 0.25) is 0 Å². The van der Waals surface area contributed by atoms with Gasteiger partial charge in [-0.1, -0.05) is 28.1 Å². The van der Waals surface area contributed by atoms with Crippen molar-refractivity contribution in [2.24, 2.45) is 0 Å². The molecule has 2 aromatic rings. The van der Waals surface area contributed by atoms with E-state index in [0.29, 0.717) is 11.3 Å². The molecule has 0 aliphatic carbocycles. The first kappa shape index (κ1) is 14.0. The molecule has 0 aliphatic heterocycles. The Kier molecular flexibility index (Phi) is 4.50. The highest BCUT2D eigenvalue weighted by molar-refractivity contribution is 9.10. The summed E-state index contributed by atoms with van der Waals surface area (Å²) in [7, 11) is 0. The summed E-state index contributed by atoms with van der Waals surface area (Å²) in [5.41, 5.74) is 0.706. The zero-order chi connectivity index (χ0) is 13.8. The number of aliphatic hydroxyl groups is 1. The summed E-state index contributed by atoms with van der Waals surface area (Å²) in [5.74, 6) is -1.38. The maximum atomic E-state index is 13.4. The highest BCUT2D eigenvalue weighted by atomic mass is 79.9. The minimum atomic E-state index is -0.912. The lowest BCUT2D eigenvalue weighted by atomic mass is 10.2. The van der Waals surface area contributed by atoms with E-state index >= 15 is 0 Å². The van der Waals surface area contributed by atoms with Gasteiger partial charge in [-0.05, 0) is 24.3 Å². The Morgan fingerprint density at radius 1 is 1.11 bits per heavy atom. The lowest BCUT2D eigenvalue weighted by Crippen LogP contribution is -2.02. The van der Waals surface area contributed by atoms with Crippen molar-refractivity contribution in [3.8, 4) is 5.75 Å². The number of rotatable bonds is 4. The van der Waals surface area contributed by atoms with Crippen LogP contribution in [0.1, 0.15) is 11.1 Å². The summed E-state index contributed by atoms with van der Waals surface area (Å²) < 4.78 is 32.7. The summed E-state index contributed by atoms with van der Waals surface area (Å²) in [6.07, 6.45) is 0. The third kappa shape index (κ3) is 3.30. The van der Waals surface area contributed by atoms with Gasteiger partial charge < -0.3 is 9.84 Å². The van der Waals surface area contributed by atoms with Gasteiger partial charge >= 0.3 is 0 Å². The minimum absolute atomic E-state index is 0.0990. The zero-order valence-corrected chi connectivity index (χ0v) is 11.5. The van der Waals surface area contributed by atoms with Crippen molar-refractivity contribution in [1.29, 1.82) is 0 Å². The molecule has 5 heteroatoms. The summed E-state index contributed by atoms with van der Waals surface area (Å²) >= 11 is 3.28. The van der Waals surface area contributed by atoms with E-state index in [2.05, 4.69) is 15.9 Å². The van der Waals surface area contributed by atoms with Crippen molar-refractivity contribution >= 4 is 15.9 Å². The van der Waals surface area contributed by atoms with E-state index < -0.39 is 11.6 Å². The Labute approximate surface area is 117 Å². The molecule has 2 aromatic carbocycles. The van der Waals surface area contributed by atoms with Crippen LogP contribution >= 0.6 is 15.9 Å².